The molecule has 2 heterocycles. The molecule has 5 heteroatoms. The molecular weight excluding hydrogens is 206 g/mol. The summed E-state index contributed by atoms with van der Waals surface area (Å²) in [6, 6.07) is 1.68. The third-order valence-corrected chi connectivity index (χ3v) is 2.38. The van der Waals surface area contributed by atoms with E-state index in [2.05, 4.69) is 9.36 Å². The fourth-order valence-corrected chi connectivity index (χ4v) is 1.71. The van der Waals surface area contributed by atoms with Crippen LogP contribution < -0.4 is 5.73 Å². The molecule has 2 N–H and O–H groups in total. The van der Waals surface area contributed by atoms with Gasteiger partial charge in [0, 0.05) is 17.1 Å². The maximum atomic E-state index is 5.74. The molecule has 2 aromatic heterocycles. The van der Waals surface area contributed by atoms with Crippen LogP contribution in [0, 0.1) is 0 Å². The molecule has 2 rings (SSSR count). The van der Waals surface area contributed by atoms with Crippen LogP contribution in [0.1, 0.15) is 0 Å². The van der Waals surface area contributed by atoms with Crippen LogP contribution in [0.5, 0.6) is 0 Å². The maximum absolute atomic E-state index is 5.74. The number of nitrogen functional groups attached to an aromatic ring is 1. The second-order valence-electron chi connectivity index (χ2n) is 2.50. The van der Waals surface area contributed by atoms with Crippen molar-refractivity contribution in [1.82, 2.24) is 9.36 Å². The third-order valence-electron chi connectivity index (χ3n) is 1.59. The Labute approximate surface area is 84.4 Å². The second-order valence-corrected chi connectivity index (χ2v) is 3.60. The Hall–Kier alpha value is -1.13. The van der Waals surface area contributed by atoms with E-state index >= 15 is 0 Å². The molecule has 0 amide bonds. The number of anilines is 1. The van der Waals surface area contributed by atoms with Gasteiger partial charge in [-0.1, -0.05) is 11.6 Å². The largest absolute Gasteiger partial charge is 0.397 e. The molecule has 0 saturated carbocycles. The first-order valence-corrected chi connectivity index (χ1v) is 4.79. The topological polar surface area (TPSA) is 51.8 Å². The summed E-state index contributed by atoms with van der Waals surface area (Å²) in [5.41, 5.74) is 7.98. The highest BCUT2D eigenvalue weighted by Crippen LogP contribution is 2.25. The summed E-state index contributed by atoms with van der Waals surface area (Å²) >= 11 is 7.09. The van der Waals surface area contributed by atoms with E-state index < -0.39 is 0 Å². The van der Waals surface area contributed by atoms with Crippen molar-refractivity contribution in [1.29, 1.82) is 0 Å². The normalized spacial score (nSPS) is 10.2. The van der Waals surface area contributed by atoms with Gasteiger partial charge in [-0.25, -0.2) is 4.37 Å². The standard InChI is InChI=1S/C8H6ClN3S/c9-6-1-7(10)8(11-3-6)5-2-12-13-4-5/h1-4H,10H2. The minimum atomic E-state index is 0.546. The van der Waals surface area contributed by atoms with Crippen molar-refractivity contribution in [3.05, 3.63) is 28.9 Å². The first kappa shape index (κ1) is 8.47. The van der Waals surface area contributed by atoms with Crippen molar-refractivity contribution in [3.8, 4) is 11.3 Å². The number of rotatable bonds is 1. The van der Waals surface area contributed by atoms with Gasteiger partial charge in [0.05, 0.1) is 22.6 Å². The van der Waals surface area contributed by atoms with E-state index in [0.29, 0.717) is 10.7 Å². The quantitative estimate of drug-likeness (QED) is 0.788. The molecule has 0 aromatic carbocycles. The molecule has 0 spiro atoms. The molecule has 0 saturated heterocycles. The molecule has 13 heavy (non-hydrogen) atoms. The van der Waals surface area contributed by atoms with Crippen LogP contribution in [0.15, 0.2) is 23.8 Å². The fraction of sp³-hybridized carbons (Fsp3) is 0. The van der Waals surface area contributed by atoms with Crippen LogP contribution in [0.4, 0.5) is 5.69 Å². The first-order valence-electron chi connectivity index (χ1n) is 3.58. The van der Waals surface area contributed by atoms with Crippen LogP contribution in [-0.2, 0) is 0 Å². The summed E-state index contributed by atoms with van der Waals surface area (Å²) in [6.07, 6.45) is 3.31. The molecule has 0 atom stereocenters. The second kappa shape index (κ2) is 3.32. The summed E-state index contributed by atoms with van der Waals surface area (Å²) in [4.78, 5) is 4.13. The van der Waals surface area contributed by atoms with Crippen molar-refractivity contribution in [2.24, 2.45) is 0 Å². The van der Waals surface area contributed by atoms with Gasteiger partial charge in [-0.15, -0.1) is 0 Å². The van der Waals surface area contributed by atoms with Gasteiger partial charge >= 0.3 is 0 Å². The summed E-state index contributed by atoms with van der Waals surface area (Å²) < 4.78 is 3.98. The predicted molar refractivity (Wildman–Crippen MR) is 54.8 cm³/mol. The highest BCUT2D eigenvalue weighted by Gasteiger charge is 2.05. The molecular formula is C8H6ClN3S. The lowest BCUT2D eigenvalue weighted by atomic mass is 10.2. The molecule has 0 aliphatic heterocycles. The number of pyridine rings is 1. The molecule has 0 aliphatic rings. The van der Waals surface area contributed by atoms with E-state index in [9.17, 15) is 0 Å². The molecule has 66 valence electrons. The smallest absolute Gasteiger partial charge is 0.0956 e. The maximum Gasteiger partial charge on any atom is 0.0956 e. The molecule has 2 aromatic rings. The number of hydrogen-bond donors (Lipinski definition) is 1. The van der Waals surface area contributed by atoms with Gasteiger partial charge in [-0.05, 0) is 17.6 Å². The van der Waals surface area contributed by atoms with Crippen LogP contribution in [0.2, 0.25) is 5.02 Å². The first-order chi connectivity index (χ1) is 6.27. The van der Waals surface area contributed by atoms with Crippen molar-refractivity contribution in [3.63, 3.8) is 0 Å². The Balaban J connectivity index is 2.53. The van der Waals surface area contributed by atoms with Crippen molar-refractivity contribution in [2.45, 2.75) is 0 Å². The Morgan fingerprint density at radius 2 is 2.23 bits per heavy atom. The fourth-order valence-electron chi connectivity index (χ4n) is 1.02. The lowest BCUT2D eigenvalue weighted by Crippen LogP contribution is -1.91. The number of halogens is 1. The van der Waals surface area contributed by atoms with Crippen molar-refractivity contribution >= 4 is 28.8 Å². The molecule has 0 aliphatic carbocycles. The lowest BCUT2D eigenvalue weighted by molar-refractivity contribution is 1.33. The summed E-state index contributed by atoms with van der Waals surface area (Å²) in [6.45, 7) is 0. The number of aromatic nitrogens is 2. The number of nitrogens with zero attached hydrogens (tertiary/aromatic N) is 2. The van der Waals surface area contributed by atoms with Gasteiger partial charge in [0.15, 0.2) is 0 Å². The highest BCUT2D eigenvalue weighted by molar-refractivity contribution is 7.03. The zero-order valence-corrected chi connectivity index (χ0v) is 8.14. The van der Waals surface area contributed by atoms with Crippen LogP contribution >= 0.6 is 23.1 Å². The van der Waals surface area contributed by atoms with Gasteiger partial charge in [-0.3, -0.25) is 4.98 Å². The average molecular weight is 212 g/mol. The molecule has 0 radical (unpaired) electrons. The lowest BCUT2D eigenvalue weighted by Gasteiger charge is -2.00. The molecule has 0 fully saturated rings. The van der Waals surface area contributed by atoms with Gasteiger partial charge in [0.2, 0.25) is 0 Å². The van der Waals surface area contributed by atoms with Crippen LogP contribution in [0.25, 0.3) is 11.3 Å². The zero-order chi connectivity index (χ0) is 9.26. The minimum Gasteiger partial charge on any atom is -0.397 e. The summed E-state index contributed by atoms with van der Waals surface area (Å²) in [7, 11) is 0. The Morgan fingerprint density at radius 1 is 1.38 bits per heavy atom. The summed E-state index contributed by atoms with van der Waals surface area (Å²) in [5, 5.41) is 2.44. The monoisotopic (exact) mass is 211 g/mol. The van der Waals surface area contributed by atoms with Crippen LogP contribution in [0.3, 0.4) is 0 Å². The van der Waals surface area contributed by atoms with Gasteiger partial charge < -0.3 is 5.73 Å². The Kier molecular flexibility index (Phi) is 2.16. The number of nitrogens with two attached hydrogens (primary N) is 1. The van der Waals surface area contributed by atoms with E-state index in [1.54, 1.807) is 18.5 Å². The van der Waals surface area contributed by atoms with Crippen LogP contribution in [-0.4, -0.2) is 9.36 Å². The number of hydrogen-bond acceptors (Lipinski definition) is 4. The van der Waals surface area contributed by atoms with Gasteiger partial charge in [0.25, 0.3) is 0 Å². The van der Waals surface area contributed by atoms with Crippen molar-refractivity contribution < 1.29 is 0 Å². The Morgan fingerprint density at radius 3 is 2.85 bits per heavy atom. The van der Waals surface area contributed by atoms with Gasteiger partial charge in [0.1, 0.15) is 0 Å². The minimum absolute atomic E-state index is 0.546. The van der Waals surface area contributed by atoms with Gasteiger partial charge in [-0.2, -0.15) is 0 Å². The Bertz CT molecular complexity index is 413. The zero-order valence-electron chi connectivity index (χ0n) is 6.57. The van der Waals surface area contributed by atoms with E-state index in [1.807, 2.05) is 5.38 Å². The molecule has 0 bridgehead atoms. The molecule has 0 unspecified atom stereocenters. The predicted octanol–water partition coefficient (Wildman–Crippen LogP) is 2.44. The summed E-state index contributed by atoms with van der Waals surface area (Å²) in [5.74, 6) is 0. The van der Waals surface area contributed by atoms with E-state index in [1.165, 1.54) is 11.5 Å². The van der Waals surface area contributed by atoms with Crippen molar-refractivity contribution in [2.75, 3.05) is 5.73 Å². The SMILES string of the molecule is Nc1cc(Cl)cnc1-c1cnsc1. The molecule has 3 nitrogen and oxygen atoms in total. The average Bonchev–Trinajstić information content (AvgIpc) is 2.56. The van der Waals surface area contributed by atoms with E-state index in [-0.39, 0.29) is 0 Å². The highest BCUT2D eigenvalue weighted by atomic mass is 35.5. The third kappa shape index (κ3) is 1.64. The van der Waals surface area contributed by atoms with E-state index in [4.69, 9.17) is 17.3 Å². The van der Waals surface area contributed by atoms with E-state index in [0.717, 1.165) is 11.3 Å².